The van der Waals surface area contributed by atoms with E-state index in [9.17, 15) is 4.79 Å². The monoisotopic (exact) mass is 252 g/mol. The standard InChI is InChI=1S/C11H6Cl2N2O/c12-10-8(11(13)15-6-14-10)9(16)7-4-2-1-3-5-7/h1-6H. The smallest absolute Gasteiger partial charge is 0.199 e. The fourth-order valence-electron chi connectivity index (χ4n) is 1.27. The van der Waals surface area contributed by atoms with Crippen molar-refractivity contribution in [2.24, 2.45) is 0 Å². The van der Waals surface area contributed by atoms with Gasteiger partial charge in [-0.1, -0.05) is 53.5 Å². The van der Waals surface area contributed by atoms with Crippen LogP contribution in [-0.4, -0.2) is 15.8 Å². The van der Waals surface area contributed by atoms with E-state index in [0.717, 1.165) is 0 Å². The molecule has 1 aromatic carbocycles. The van der Waals surface area contributed by atoms with Crippen molar-refractivity contribution in [2.75, 3.05) is 0 Å². The molecule has 0 saturated heterocycles. The van der Waals surface area contributed by atoms with Crippen LogP contribution in [0, 0.1) is 0 Å². The zero-order valence-corrected chi connectivity index (χ0v) is 9.53. The molecule has 0 radical (unpaired) electrons. The molecule has 1 heterocycles. The maximum atomic E-state index is 12.0. The Labute approximate surface area is 102 Å². The van der Waals surface area contributed by atoms with E-state index >= 15 is 0 Å². The molecule has 0 aliphatic heterocycles. The first-order valence-electron chi connectivity index (χ1n) is 4.46. The van der Waals surface area contributed by atoms with Gasteiger partial charge in [0.2, 0.25) is 0 Å². The minimum Gasteiger partial charge on any atom is -0.288 e. The second-order valence-corrected chi connectivity index (χ2v) is 3.74. The summed E-state index contributed by atoms with van der Waals surface area (Å²) in [6, 6.07) is 8.71. The number of carbonyl (C=O) groups excluding carboxylic acids is 1. The van der Waals surface area contributed by atoms with Gasteiger partial charge in [0.05, 0.1) is 5.56 Å². The van der Waals surface area contributed by atoms with Crippen molar-refractivity contribution in [3.05, 3.63) is 58.1 Å². The molecule has 0 N–H and O–H groups in total. The largest absolute Gasteiger partial charge is 0.288 e. The maximum absolute atomic E-state index is 12.0. The molecule has 0 saturated carbocycles. The van der Waals surface area contributed by atoms with Gasteiger partial charge < -0.3 is 0 Å². The maximum Gasteiger partial charge on any atom is 0.199 e. The third kappa shape index (κ3) is 2.05. The quantitative estimate of drug-likeness (QED) is 0.610. The van der Waals surface area contributed by atoms with Crippen LogP contribution in [0.2, 0.25) is 10.3 Å². The van der Waals surface area contributed by atoms with Crippen molar-refractivity contribution in [1.29, 1.82) is 0 Å². The van der Waals surface area contributed by atoms with Crippen molar-refractivity contribution in [2.45, 2.75) is 0 Å². The van der Waals surface area contributed by atoms with Gasteiger partial charge in [-0.05, 0) is 0 Å². The second-order valence-electron chi connectivity index (χ2n) is 3.03. The van der Waals surface area contributed by atoms with Gasteiger partial charge in [0.15, 0.2) is 5.78 Å². The average molecular weight is 253 g/mol. The molecule has 2 aromatic rings. The van der Waals surface area contributed by atoms with Crippen molar-refractivity contribution in [3.63, 3.8) is 0 Å². The van der Waals surface area contributed by atoms with Gasteiger partial charge in [-0.15, -0.1) is 0 Å². The molecule has 0 amide bonds. The lowest BCUT2D eigenvalue weighted by Crippen LogP contribution is -2.05. The van der Waals surface area contributed by atoms with E-state index in [4.69, 9.17) is 23.2 Å². The Kier molecular flexibility index (Phi) is 3.17. The van der Waals surface area contributed by atoms with E-state index in [2.05, 4.69) is 9.97 Å². The number of rotatable bonds is 2. The molecule has 0 spiro atoms. The first-order chi connectivity index (χ1) is 7.70. The summed E-state index contributed by atoms with van der Waals surface area (Å²) in [6.45, 7) is 0. The molecule has 0 aliphatic carbocycles. The third-order valence-corrected chi connectivity index (χ3v) is 2.59. The highest BCUT2D eigenvalue weighted by Crippen LogP contribution is 2.22. The normalized spacial score (nSPS) is 10.1. The molecule has 80 valence electrons. The number of carbonyl (C=O) groups is 1. The Balaban J connectivity index is 2.50. The lowest BCUT2D eigenvalue weighted by atomic mass is 10.1. The minimum absolute atomic E-state index is 0.0638. The fraction of sp³-hybridized carbons (Fsp3) is 0. The molecule has 0 bridgehead atoms. The van der Waals surface area contributed by atoms with Gasteiger partial charge in [0, 0.05) is 5.56 Å². The molecule has 0 unspecified atom stereocenters. The summed E-state index contributed by atoms with van der Waals surface area (Å²) in [7, 11) is 0. The number of aromatic nitrogens is 2. The van der Waals surface area contributed by atoms with E-state index in [1.54, 1.807) is 24.3 Å². The Morgan fingerprint density at radius 3 is 2.12 bits per heavy atom. The summed E-state index contributed by atoms with van der Waals surface area (Å²) in [5, 5.41) is 0.128. The van der Waals surface area contributed by atoms with Gasteiger partial charge in [-0.2, -0.15) is 0 Å². The van der Waals surface area contributed by atoms with Crippen LogP contribution in [0.15, 0.2) is 36.7 Å². The number of benzene rings is 1. The predicted molar refractivity (Wildman–Crippen MR) is 61.9 cm³/mol. The van der Waals surface area contributed by atoms with Crippen LogP contribution in [-0.2, 0) is 0 Å². The van der Waals surface area contributed by atoms with E-state index in [1.807, 2.05) is 6.07 Å². The molecule has 16 heavy (non-hydrogen) atoms. The summed E-state index contributed by atoms with van der Waals surface area (Å²) < 4.78 is 0. The molecule has 2 rings (SSSR count). The van der Waals surface area contributed by atoms with Crippen LogP contribution >= 0.6 is 23.2 Å². The second kappa shape index (κ2) is 4.60. The van der Waals surface area contributed by atoms with Gasteiger partial charge in [0.25, 0.3) is 0 Å². The van der Waals surface area contributed by atoms with Crippen molar-refractivity contribution < 1.29 is 4.79 Å². The topological polar surface area (TPSA) is 42.9 Å². The number of halogens is 2. The van der Waals surface area contributed by atoms with Crippen LogP contribution in [0.4, 0.5) is 0 Å². The summed E-state index contributed by atoms with van der Waals surface area (Å²) in [4.78, 5) is 19.5. The number of nitrogens with zero attached hydrogens (tertiary/aromatic N) is 2. The lowest BCUT2D eigenvalue weighted by molar-refractivity contribution is 0.103. The van der Waals surface area contributed by atoms with Gasteiger partial charge in [-0.3, -0.25) is 4.79 Å². The van der Waals surface area contributed by atoms with Gasteiger partial charge in [0.1, 0.15) is 16.6 Å². The molecule has 0 fully saturated rings. The number of ketones is 1. The minimum atomic E-state index is -0.281. The predicted octanol–water partition coefficient (Wildman–Crippen LogP) is 3.01. The summed E-state index contributed by atoms with van der Waals surface area (Å²) >= 11 is 11.6. The SMILES string of the molecule is O=C(c1ccccc1)c1c(Cl)ncnc1Cl. The molecule has 3 nitrogen and oxygen atoms in total. The van der Waals surface area contributed by atoms with Crippen LogP contribution < -0.4 is 0 Å². The van der Waals surface area contributed by atoms with E-state index in [1.165, 1.54) is 6.33 Å². The average Bonchev–Trinajstić information content (AvgIpc) is 2.30. The third-order valence-electron chi connectivity index (χ3n) is 2.02. The van der Waals surface area contributed by atoms with Crippen molar-refractivity contribution in [3.8, 4) is 0 Å². The highest BCUT2D eigenvalue weighted by atomic mass is 35.5. The summed E-state index contributed by atoms with van der Waals surface area (Å²) in [6.07, 6.45) is 1.21. The van der Waals surface area contributed by atoms with Crippen LogP contribution in [0.1, 0.15) is 15.9 Å². The highest BCUT2D eigenvalue weighted by molar-refractivity contribution is 6.39. The molecule has 5 heteroatoms. The number of hydrogen-bond acceptors (Lipinski definition) is 3. The Hall–Kier alpha value is -1.45. The molecule has 0 atom stereocenters. The zero-order valence-electron chi connectivity index (χ0n) is 8.02. The highest BCUT2D eigenvalue weighted by Gasteiger charge is 2.17. The zero-order chi connectivity index (χ0) is 11.5. The summed E-state index contributed by atoms with van der Waals surface area (Å²) in [5.74, 6) is -0.281. The van der Waals surface area contributed by atoms with E-state index in [-0.39, 0.29) is 21.7 Å². The Bertz CT molecular complexity index is 509. The van der Waals surface area contributed by atoms with Gasteiger partial charge >= 0.3 is 0 Å². The Morgan fingerprint density at radius 1 is 1.00 bits per heavy atom. The molecular formula is C11H6Cl2N2O. The van der Waals surface area contributed by atoms with Gasteiger partial charge in [-0.25, -0.2) is 9.97 Å². The van der Waals surface area contributed by atoms with Crippen molar-refractivity contribution >= 4 is 29.0 Å². The Morgan fingerprint density at radius 2 is 1.56 bits per heavy atom. The van der Waals surface area contributed by atoms with Crippen LogP contribution in [0.25, 0.3) is 0 Å². The summed E-state index contributed by atoms with van der Waals surface area (Å²) in [5.41, 5.74) is 0.637. The van der Waals surface area contributed by atoms with E-state index in [0.29, 0.717) is 5.56 Å². The molecule has 0 aliphatic rings. The van der Waals surface area contributed by atoms with Crippen LogP contribution in [0.3, 0.4) is 0 Å². The first-order valence-corrected chi connectivity index (χ1v) is 5.21. The first kappa shape index (κ1) is 11.0. The fourth-order valence-corrected chi connectivity index (χ4v) is 1.75. The molecular weight excluding hydrogens is 247 g/mol. The van der Waals surface area contributed by atoms with Crippen LogP contribution in [0.5, 0.6) is 0 Å². The van der Waals surface area contributed by atoms with E-state index < -0.39 is 0 Å². The molecule has 1 aromatic heterocycles. The van der Waals surface area contributed by atoms with Crippen molar-refractivity contribution in [1.82, 2.24) is 9.97 Å². The number of hydrogen-bond donors (Lipinski definition) is 0. The lowest BCUT2D eigenvalue weighted by Gasteiger charge is -2.03.